The zero-order valence-corrected chi connectivity index (χ0v) is 20.5. The summed E-state index contributed by atoms with van der Waals surface area (Å²) in [4.78, 5) is 0. The molecule has 0 bridgehead atoms. The van der Waals surface area contributed by atoms with E-state index < -0.39 is 0 Å². The fraction of sp³-hybridized carbons (Fsp3) is 1.00. The van der Waals surface area contributed by atoms with Gasteiger partial charge in [0, 0.05) is 5.92 Å². The van der Waals surface area contributed by atoms with Crippen LogP contribution in [0.2, 0.25) is 0 Å². The Morgan fingerprint density at radius 3 is 1.15 bits per heavy atom. The zero-order valence-electron chi connectivity index (χ0n) is 20.5. The minimum atomic E-state index is 0.371. The van der Waals surface area contributed by atoms with Crippen molar-refractivity contribution in [3.05, 3.63) is 0 Å². The van der Waals surface area contributed by atoms with Crippen LogP contribution in [0.5, 0.6) is 0 Å². The molecule has 0 amide bonds. The lowest BCUT2D eigenvalue weighted by molar-refractivity contribution is -0.924. The van der Waals surface area contributed by atoms with E-state index in [1.165, 1.54) is 109 Å². The van der Waals surface area contributed by atoms with Gasteiger partial charge in [0.25, 0.3) is 0 Å². The lowest BCUT2D eigenvalue weighted by Gasteiger charge is -2.45. The number of hydrogen-bond donors (Lipinski definition) is 0. The second-order valence-corrected chi connectivity index (χ2v) is 10.7. The molecule has 1 unspecified atom stereocenters. The summed E-state index contributed by atoms with van der Waals surface area (Å²) < 4.78 is 1.06. The Bertz CT molecular complexity index is 313. The van der Waals surface area contributed by atoms with Gasteiger partial charge >= 0.3 is 0 Å². The van der Waals surface area contributed by atoms with Gasteiger partial charge in [-0.2, -0.15) is 0 Å². The fourth-order valence-corrected chi connectivity index (χ4v) is 4.01. The van der Waals surface area contributed by atoms with Crippen LogP contribution >= 0.6 is 0 Å². The van der Waals surface area contributed by atoms with Gasteiger partial charge in [0.1, 0.15) is 0 Å². The Kier molecular flexibility index (Phi) is 15.8. The minimum absolute atomic E-state index is 0.371. The van der Waals surface area contributed by atoms with Gasteiger partial charge in [-0.25, -0.2) is 0 Å². The van der Waals surface area contributed by atoms with Gasteiger partial charge in [-0.05, 0) is 20.3 Å². The summed E-state index contributed by atoms with van der Waals surface area (Å²) >= 11 is 0. The molecule has 0 aliphatic carbocycles. The number of quaternary nitrogens is 1. The minimum Gasteiger partial charge on any atom is -0.326 e. The number of nitrogens with zero attached hydrogens (tertiary/aromatic N) is 1. The molecule has 0 aromatic carbocycles. The van der Waals surface area contributed by atoms with Crippen LogP contribution in [0.15, 0.2) is 0 Å². The van der Waals surface area contributed by atoms with Crippen molar-refractivity contribution in [1.29, 1.82) is 0 Å². The van der Waals surface area contributed by atoms with Gasteiger partial charge in [-0.15, -0.1) is 0 Å². The topological polar surface area (TPSA) is 0 Å². The van der Waals surface area contributed by atoms with E-state index in [4.69, 9.17) is 0 Å². The van der Waals surface area contributed by atoms with Gasteiger partial charge in [0.15, 0.2) is 0 Å². The number of unbranched alkanes of at least 4 members (excludes halogenated alkanes) is 15. The van der Waals surface area contributed by atoms with Crippen molar-refractivity contribution in [2.45, 2.75) is 142 Å². The number of hydrogen-bond acceptors (Lipinski definition) is 0. The smallest absolute Gasteiger partial charge is 0.0955 e. The first kappa shape index (κ1) is 27.0. The SMILES string of the molecule is CCCCCCCCCCCCCCCCCCC(C)C(C)(C)[N+](C)(C)C. The number of rotatable bonds is 19. The van der Waals surface area contributed by atoms with Crippen LogP contribution in [0.3, 0.4) is 0 Å². The molecule has 0 saturated heterocycles. The summed E-state index contributed by atoms with van der Waals surface area (Å²) in [5, 5.41) is 0. The highest BCUT2D eigenvalue weighted by molar-refractivity contribution is 4.76. The van der Waals surface area contributed by atoms with Crippen molar-refractivity contribution in [3.8, 4) is 0 Å². The Balaban J connectivity index is 3.34. The van der Waals surface area contributed by atoms with E-state index in [0.717, 1.165) is 10.4 Å². The van der Waals surface area contributed by atoms with E-state index in [-0.39, 0.29) is 0 Å². The molecule has 0 radical (unpaired) electrons. The lowest BCUT2D eigenvalue weighted by Crippen LogP contribution is -2.56. The summed E-state index contributed by atoms with van der Waals surface area (Å²) in [6, 6.07) is 0. The molecule has 27 heavy (non-hydrogen) atoms. The van der Waals surface area contributed by atoms with E-state index in [9.17, 15) is 0 Å². The molecular weight excluding hydrogens is 326 g/mol. The predicted octanol–water partition coefficient (Wildman–Crippen LogP) is 8.76. The highest BCUT2D eigenvalue weighted by Gasteiger charge is 2.37. The molecular formula is C26H56N+. The van der Waals surface area contributed by atoms with E-state index >= 15 is 0 Å². The van der Waals surface area contributed by atoms with E-state index in [0.29, 0.717) is 5.54 Å². The van der Waals surface area contributed by atoms with Gasteiger partial charge in [-0.1, -0.05) is 117 Å². The van der Waals surface area contributed by atoms with Crippen molar-refractivity contribution >= 4 is 0 Å². The van der Waals surface area contributed by atoms with Gasteiger partial charge in [0.2, 0.25) is 0 Å². The largest absolute Gasteiger partial charge is 0.326 e. The van der Waals surface area contributed by atoms with E-state index in [1.807, 2.05) is 0 Å². The third kappa shape index (κ3) is 13.7. The molecule has 0 rings (SSSR count). The molecule has 164 valence electrons. The molecule has 0 spiro atoms. The third-order valence-corrected chi connectivity index (χ3v) is 7.43. The lowest BCUT2D eigenvalue weighted by atomic mass is 9.82. The van der Waals surface area contributed by atoms with Crippen LogP contribution in [0.25, 0.3) is 0 Å². The predicted molar refractivity (Wildman–Crippen MR) is 125 cm³/mol. The van der Waals surface area contributed by atoms with E-state index in [2.05, 4.69) is 48.8 Å². The summed E-state index contributed by atoms with van der Waals surface area (Å²) in [5.74, 6) is 0.796. The molecule has 0 aliphatic heterocycles. The van der Waals surface area contributed by atoms with Crippen LogP contribution < -0.4 is 0 Å². The molecule has 0 saturated carbocycles. The van der Waals surface area contributed by atoms with Crippen molar-refractivity contribution in [2.24, 2.45) is 5.92 Å². The molecule has 0 aromatic rings. The van der Waals surface area contributed by atoms with Crippen molar-refractivity contribution in [2.75, 3.05) is 21.1 Å². The average molecular weight is 383 g/mol. The van der Waals surface area contributed by atoms with Crippen LogP contribution in [0.1, 0.15) is 137 Å². The van der Waals surface area contributed by atoms with Crippen LogP contribution in [0.4, 0.5) is 0 Å². The summed E-state index contributed by atoms with van der Waals surface area (Å²) in [5.41, 5.74) is 0.371. The molecule has 0 aromatic heterocycles. The maximum atomic E-state index is 2.45. The summed E-state index contributed by atoms with van der Waals surface area (Å²) in [7, 11) is 7.01. The zero-order chi connectivity index (χ0) is 20.6. The summed E-state index contributed by atoms with van der Waals surface area (Å²) in [6.45, 7) is 9.62. The Morgan fingerprint density at radius 1 is 0.556 bits per heavy atom. The fourth-order valence-electron chi connectivity index (χ4n) is 4.01. The van der Waals surface area contributed by atoms with Gasteiger partial charge in [0.05, 0.1) is 26.7 Å². The van der Waals surface area contributed by atoms with Gasteiger partial charge < -0.3 is 4.48 Å². The molecule has 1 heteroatoms. The van der Waals surface area contributed by atoms with Crippen LogP contribution in [-0.2, 0) is 0 Å². The maximum Gasteiger partial charge on any atom is 0.0955 e. The standard InChI is InChI=1S/C26H56N/c1-8-9-10-11-12-13-14-15-16-17-18-19-20-21-22-23-24-25(2)26(3,4)27(5,6)7/h25H,8-24H2,1-7H3/q+1. The van der Waals surface area contributed by atoms with Crippen molar-refractivity contribution in [3.63, 3.8) is 0 Å². The first-order valence-electron chi connectivity index (χ1n) is 12.5. The maximum absolute atomic E-state index is 2.45. The highest BCUT2D eigenvalue weighted by Crippen LogP contribution is 2.30. The molecule has 1 atom stereocenters. The first-order valence-corrected chi connectivity index (χ1v) is 12.5. The molecule has 0 N–H and O–H groups in total. The molecule has 0 heterocycles. The molecule has 1 nitrogen and oxygen atoms in total. The summed E-state index contributed by atoms with van der Waals surface area (Å²) in [6.07, 6.45) is 24.7. The van der Waals surface area contributed by atoms with E-state index in [1.54, 1.807) is 0 Å². The molecule has 0 aliphatic rings. The monoisotopic (exact) mass is 382 g/mol. The second kappa shape index (κ2) is 15.8. The Labute approximate surface area is 174 Å². The van der Waals surface area contributed by atoms with Crippen LogP contribution in [-0.4, -0.2) is 31.2 Å². The van der Waals surface area contributed by atoms with Crippen molar-refractivity contribution in [1.82, 2.24) is 0 Å². The third-order valence-electron chi connectivity index (χ3n) is 7.43. The normalized spacial score (nSPS) is 13.9. The average Bonchev–Trinajstić information content (AvgIpc) is 2.60. The Morgan fingerprint density at radius 2 is 0.852 bits per heavy atom. The van der Waals surface area contributed by atoms with Crippen LogP contribution in [0, 0.1) is 5.92 Å². The highest BCUT2D eigenvalue weighted by atomic mass is 15.3. The quantitative estimate of drug-likeness (QED) is 0.155. The second-order valence-electron chi connectivity index (χ2n) is 10.7. The first-order chi connectivity index (χ1) is 12.7. The van der Waals surface area contributed by atoms with Crippen molar-refractivity contribution < 1.29 is 4.48 Å². The molecule has 0 fully saturated rings. The van der Waals surface area contributed by atoms with Gasteiger partial charge in [-0.3, -0.25) is 0 Å². The Hall–Kier alpha value is -0.0400.